The Morgan fingerprint density at radius 2 is 1.78 bits per heavy atom. The summed E-state index contributed by atoms with van der Waals surface area (Å²) in [4.78, 5) is 16.4. The quantitative estimate of drug-likeness (QED) is 0.345. The monoisotopic (exact) mass is 257 g/mol. The minimum Gasteiger partial charge on any atom is -0.508 e. The van der Waals surface area contributed by atoms with Gasteiger partial charge in [-0.25, -0.2) is 4.79 Å². The molecule has 18 heavy (non-hydrogen) atoms. The Bertz CT molecular complexity index is 424. The Balaban J connectivity index is 2.90. The summed E-state index contributed by atoms with van der Waals surface area (Å²) in [6.07, 6.45) is -2.46. The van der Waals surface area contributed by atoms with Crippen molar-refractivity contribution in [2.45, 2.75) is 26.3 Å². The van der Waals surface area contributed by atoms with Crippen molar-refractivity contribution in [1.29, 1.82) is 0 Å². The molecule has 100 valence electrons. The van der Waals surface area contributed by atoms with Crippen molar-refractivity contribution in [3.8, 4) is 11.5 Å². The molecule has 4 N–H and O–H groups in total. The fourth-order valence-corrected chi connectivity index (χ4v) is 1.30. The van der Waals surface area contributed by atoms with E-state index in [1.165, 1.54) is 19.9 Å². The van der Waals surface area contributed by atoms with Crippen LogP contribution in [0, 0.1) is 0 Å². The molecule has 0 fully saturated rings. The van der Waals surface area contributed by atoms with Gasteiger partial charge in [-0.05, 0) is 32.0 Å². The van der Waals surface area contributed by atoms with Crippen molar-refractivity contribution in [2.75, 3.05) is 0 Å². The van der Waals surface area contributed by atoms with E-state index in [-0.39, 0.29) is 17.1 Å². The topological polar surface area (TPSA) is 110 Å². The summed E-state index contributed by atoms with van der Waals surface area (Å²) in [6.45, 7) is 2.59. The van der Waals surface area contributed by atoms with E-state index in [0.29, 0.717) is 5.06 Å². The molecule has 0 amide bonds. The highest BCUT2D eigenvalue weighted by molar-refractivity contribution is 5.92. The molecule has 0 saturated heterocycles. The number of hydroxylamine groups is 2. The third-order valence-corrected chi connectivity index (χ3v) is 2.12. The van der Waals surface area contributed by atoms with Crippen LogP contribution in [0.4, 0.5) is 0 Å². The van der Waals surface area contributed by atoms with Gasteiger partial charge in [0.2, 0.25) is 0 Å². The van der Waals surface area contributed by atoms with E-state index in [1.54, 1.807) is 0 Å². The van der Waals surface area contributed by atoms with Crippen LogP contribution in [-0.4, -0.2) is 43.9 Å². The highest BCUT2D eigenvalue weighted by Gasteiger charge is 2.24. The lowest BCUT2D eigenvalue weighted by Gasteiger charge is -2.26. The first kappa shape index (κ1) is 14.2. The standard InChI is InChI=1S/C11H15NO6/c1-6(13)12(7(2)14)18-11(17)9-5-8(15)3-4-10(9)16/h3-7,13-16H,1-2H3. The molecule has 0 radical (unpaired) electrons. The number of aromatic hydroxyl groups is 2. The lowest BCUT2D eigenvalue weighted by atomic mass is 10.2. The maximum absolute atomic E-state index is 11.7. The fourth-order valence-electron chi connectivity index (χ4n) is 1.30. The number of aliphatic hydroxyl groups excluding tert-OH is 2. The molecule has 0 aliphatic rings. The van der Waals surface area contributed by atoms with Crippen molar-refractivity contribution < 1.29 is 30.1 Å². The zero-order chi connectivity index (χ0) is 13.9. The Kier molecular flexibility index (Phi) is 4.49. The second-order valence-corrected chi connectivity index (χ2v) is 3.70. The third-order valence-electron chi connectivity index (χ3n) is 2.12. The van der Waals surface area contributed by atoms with Crippen molar-refractivity contribution in [3.05, 3.63) is 23.8 Å². The van der Waals surface area contributed by atoms with Crippen LogP contribution >= 0.6 is 0 Å². The summed E-state index contributed by atoms with van der Waals surface area (Å²) in [5.74, 6) is -1.61. The maximum atomic E-state index is 11.7. The average Bonchev–Trinajstić information content (AvgIpc) is 2.28. The number of rotatable bonds is 4. The highest BCUT2D eigenvalue weighted by atomic mass is 16.7. The summed E-state index contributed by atoms with van der Waals surface area (Å²) < 4.78 is 0. The van der Waals surface area contributed by atoms with Crippen LogP contribution in [0.1, 0.15) is 24.2 Å². The molecule has 0 saturated carbocycles. The van der Waals surface area contributed by atoms with Crippen molar-refractivity contribution in [2.24, 2.45) is 0 Å². The second-order valence-electron chi connectivity index (χ2n) is 3.70. The molecule has 0 aliphatic carbocycles. The van der Waals surface area contributed by atoms with Crippen LogP contribution in [0.2, 0.25) is 0 Å². The molecule has 0 bridgehead atoms. The molecule has 0 aliphatic heterocycles. The van der Waals surface area contributed by atoms with Gasteiger partial charge in [-0.2, -0.15) is 0 Å². The Morgan fingerprint density at radius 1 is 1.22 bits per heavy atom. The zero-order valence-electron chi connectivity index (χ0n) is 9.94. The van der Waals surface area contributed by atoms with Crippen LogP contribution in [-0.2, 0) is 4.84 Å². The van der Waals surface area contributed by atoms with E-state index in [0.717, 1.165) is 12.1 Å². The number of hydrogen-bond acceptors (Lipinski definition) is 7. The van der Waals surface area contributed by atoms with Crippen molar-refractivity contribution >= 4 is 5.97 Å². The maximum Gasteiger partial charge on any atom is 0.361 e. The number of benzene rings is 1. The molecule has 1 aromatic rings. The molecule has 1 aromatic carbocycles. The van der Waals surface area contributed by atoms with Gasteiger partial charge in [0, 0.05) is 0 Å². The molecule has 1 rings (SSSR count). The minimum atomic E-state index is -1.23. The van der Waals surface area contributed by atoms with E-state index in [4.69, 9.17) is 4.84 Å². The van der Waals surface area contributed by atoms with Gasteiger partial charge in [0.1, 0.15) is 29.5 Å². The minimum absolute atomic E-state index is 0.222. The Labute approximate surface area is 103 Å². The van der Waals surface area contributed by atoms with Gasteiger partial charge in [0.15, 0.2) is 0 Å². The Hall–Kier alpha value is -1.83. The van der Waals surface area contributed by atoms with Crippen LogP contribution in [0.25, 0.3) is 0 Å². The summed E-state index contributed by atoms with van der Waals surface area (Å²) in [5, 5.41) is 37.9. The number of hydrogen-bond donors (Lipinski definition) is 4. The Morgan fingerprint density at radius 3 is 2.28 bits per heavy atom. The van der Waals surface area contributed by atoms with Gasteiger partial charge >= 0.3 is 5.97 Å². The van der Waals surface area contributed by atoms with Gasteiger partial charge in [0.25, 0.3) is 0 Å². The van der Waals surface area contributed by atoms with Gasteiger partial charge in [-0.3, -0.25) is 0 Å². The van der Waals surface area contributed by atoms with E-state index in [9.17, 15) is 25.2 Å². The zero-order valence-corrected chi connectivity index (χ0v) is 9.94. The lowest BCUT2D eigenvalue weighted by molar-refractivity contribution is -0.256. The number of carbonyl (C=O) groups excluding carboxylic acids is 1. The van der Waals surface area contributed by atoms with Crippen LogP contribution < -0.4 is 0 Å². The van der Waals surface area contributed by atoms with Gasteiger partial charge < -0.3 is 25.3 Å². The molecule has 0 spiro atoms. The molecule has 2 unspecified atom stereocenters. The summed E-state index contributed by atoms with van der Waals surface area (Å²) in [6, 6.07) is 3.34. The predicted molar refractivity (Wildman–Crippen MR) is 60.4 cm³/mol. The molecule has 7 heteroatoms. The number of phenols is 2. The normalized spacial score (nSPS) is 14.3. The van der Waals surface area contributed by atoms with E-state index >= 15 is 0 Å². The predicted octanol–water partition coefficient (Wildman–Crippen LogP) is 0.148. The van der Waals surface area contributed by atoms with E-state index < -0.39 is 18.4 Å². The first-order valence-electron chi connectivity index (χ1n) is 5.21. The molecule has 0 heterocycles. The van der Waals surface area contributed by atoms with Gasteiger partial charge in [-0.15, -0.1) is 0 Å². The number of phenolic OH excluding ortho intramolecular Hbond substituents is 2. The molecule has 2 atom stereocenters. The molecular weight excluding hydrogens is 242 g/mol. The SMILES string of the molecule is CC(O)N(OC(=O)c1cc(O)ccc1O)C(C)O. The lowest BCUT2D eigenvalue weighted by Crippen LogP contribution is -2.41. The highest BCUT2D eigenvalue weighted by Crippen LogP contribution is 2.23. The van der Waals surface area contributed by atoms with Crippen molar-refractivity contribution in [1.82, 2.24) is 5.06 Å². The smallest absolute Gasteiger partial charge is 0.361 e. The first-order valence-corrected chi connectivity index (χ1v) is 5.21. The van der Waals surface area contributed by atoms with Gasteiger partial charge in [-0.1, -0.05) is 5.06 Å². The average molecular weight is 257 g/mol. The summed E-state index contributed by atoms with van der Waals surface area (Å²) >= 11 is 0. The second kappa shape index (κ2) is 5.67. The molecule has 7 nitrogen and oxygen atoms in total. The number of aliphatic hydroxyl groups is 2. The van der Waals surface area contributed by atoms with Crippen LogP contribution in [0.3, 0.4) is 0 Å². The first-order chi connectivity index (χ1) is 8.32. The molecule has 0 aromatic heterocycles. The van der Waals surface area contributed by atoms with Crippen LogP contribution in [0.5, 0.6) is 11.5 Å². The third kappa shape index (κ3) is 3.33. The largest absolute Gasteiger partial charge is 0.508 e. The molecular formula is C11H15NO6. The van der Waals surface area contributed by atoms with Crippen molar-refractivity contribution in [3.63, 3.8) is 0 Å². The number of carbonyl (C=O) groups is 1. The van der Waals surface area contributed by atoms with Gasteiger partial charge in [0.05, 0.1) is 0 Å². The summed E-state index contributed by atoms with van der Waals surface area (Å²) in [5.41, 5.74) is -0.277. The fraction of sp³-hybridized carbons (Fsp3) is 0.364. The van der Waals surface area contributed by atoms with E-state index in [2.05, 4.69) is 0 Å². The number of nitrogens with zero attached hydrogens (tertiary/aromatic N) is 1. The van der Waals surface area contributed by atoms with Crippen LogP contribution in [0.15, 0.2) is 18.2 Å². The summed E-state index contributed by atoms with van der Waals surface area (Å²) in [7, 11) is 0. The van der Waals surface area contributed by atoms with E-state index in [1.807, 2.05) is 0 Å².